The van der Waals surface area contributed by atoms with E-state index in [9.17, 15) is 5.11 Å². The second-order valence-corrected chi connectivity index (χ2v) is 3.97. The summed E-state index contributed by atoms with van der Waals surface area (Å²) < 4.78 is 0. The lowest BCUT2D eigenvalue weighted by Gasteiger charge is -2.19. The Labute approximate surface area is 85.8 Å². The van der Waals surface area contributed by atoms with Crippen LogP contribution in [0.1, 0.15) is 37.4 Å². The van der Waals surface area contributed by atoms with Gasteiger partial charge in [0, 0.05) is 11.6 Å². The summed E-state index contributed by atoms with van der Waals surface area (Å²) in [5, 5.41) is 9.73. The molecule has 1 unspecified atom stereocenters. The third kappa shape index (κ3) is 2.26. The lowest BCUT2D eigenvalue weighted by Crippen LogP contribution is -2.18. The minimum absolute atomic E-state index is 0.0689. The molecule has 78 valence electrons. The SMILES string of the molecule is CCC(C)[C@@H](N)c1ccc(C)cc1O. The van der Waals surface area contributed by atoms with Crippen LogP contribution in [0.25, 0.3) is 0 Å². The zero-order valence-electron chi connectivity index (χ0n) is 9.12. The van der Waals surface area contributed by atoms with Crippen molar-refractivity contribution in [2.24, 2.45) is 11.7 Å². The Morgan fingerprint density at radius 2 is 2.07 bits per heavy atom. The monoisotopic (exact) mass is 193 g/mol. The third-order valence-corrected chi connectivity index (χ3v) is 2.80. The Morgan fingerprint density at radius 3 is 2.57 bits per heavy atom. The van der Waals surface area contributed by atoms with Crippen LogP contribution >= 0.6 is 0 Å². The van der Waals surface area contributed by atoms with Gasteiger partial charge < -0.3 is 10.8 Å². The first-order valence-electron chi connectivity index (χ1n) is 5.11. The summed E-state index contributed by atoms with van der Waals surface area (Å²) in [6.45, 7) is 6.16. The van der Waals surface area contributed by atoms with Crippen LogP contribution in [0.3, 0.4) is 0 Å². The first-order chi connectivity index (χ1) is 6.56. The molecule has 3 N–H and O–H groups in total. The number of hydrogen-bond donors (Lipinski definition) is 2. The maximum absolute atomic E-state index is 9.73. The number of aromatic hydroxyl groups is 1. The van der Waals surface area contributed by atoms with Crippen LogP contribution in [-0.2, 0) is 0 Å². The summed E-state index contributed by atoms with van der Waals surface area (Å²) in [6, 6.07) is 5.59. The topological polar surface area (TPSA) is 46.2 Å². The number of rotatable bonds is 3. The van der Waals surface area contributed by atoms with Crippen molar-refractivity contribution in [3.05, 3.63) is 29.3 Å². The molecule has 0 radical (unpaired) electrons. The minimum Gasteiger partial charge on any atom is -0.508 e. The second-order valence-electron chi connectivity index (χ2n) is 3.97. The van der Waals surface area contributed by atoms with Gasteiger partial charge in [-0.3, -0.25) is 0 Å². The number of aryl methyl sites for hydroxylation is 1. The highest BCUT2D eigenvalue weighted by atomic mass is 16.3. The minimum atomic E-state index is -0.0689. The van der Waals surface area contributed by atoms with Gasteiger partial charge in [0.15, 0.2) is 0 Å². The normalized spacial score (nSPS) is 15.1. The number of nitrogens with two attached hydrogens (primary N) is 1. The van der Waals surface area contributed by atoms with Gasteiger partial charge in [0.05, 0.1) is 0 Å². The van der Waals surface area contributed by atoms with E-state index in [-0.39, 0.29) is 6.04 Å². The lowest BCUT2D eigenvalue weighted by atomic mass is 9.92. The summed E-state index contributed by atoms with van der Waals surface area (Å²) in [4.78, 5) is 0. The Bertz CT molecular complexity index is 309. The fourth-order valence-electron chi connectivity index (χ4n) is 1.50. The van der Waals surface area contributed by atoms with Crippen LogP contribution in [0.4, 0.5) is 0 Å². The molecule has 0 amide bonds. The Balaban J connectivity index is 2.95. The zero-order valence-corrected chi connectivity index (χ0v) is 9.12. The largest absolute Gasteiger partial charge is 0.508 e. The molecular weight excluding hydrogens is 174 g/mol. The van der Waals surface area contributed by atoms with Gasteiger partial charge in [-0.05, 0) is 24.5 Å². The molecule has 2 nitrogen and oxygen atoms in total. The van der Waals surface area contributed by atoms with Gasteiger partial charge in [-0.25, -0.2) is 0 Å². The molecule has 1 rings (SSSR count). The van der Waals surface area contributed by atoms with Crippen LogP contribution in [0, 0.1) is 12.8 Å². The molecule has 0 aliphatic carbocycles. The highest BCUT2D eigenvalue weighted by molar-refractivity contribution is 5.38. The zero-order chi connectivity index (χ0) is 10.7. The molecule has 0 saturated heterocycles. The molecule has 2 heteroatoms. The number of phenolic OH excluding ortho intramolecular Hbond substituents is 1. The maximum Gasteiger partial charge on any atom is 0.120 e. The molecule has 0 aliphatic heterocycles. The van der Waals surface area contributed by atoms with Crippen molar-refractivity contribution in [2.75, 3.05) is 0 Å². The van der Waals surface area contributed by atoms with Gasteiger partial charge in [-0.2, -0.15) is 0 Å². The quantitative estimate of drug-likeness (QED) is 0.775. The van der Waals surface area contributed by atoms with E-state index in [1.54, 1.807) is 6.07 Å². The first kappa shape index (κ1) is 11.1. The fourth-order valence-corrected chi connectivity index (χ4v) is 1.50. The molecule has 0 bridgehead atoms. The average Bonchev–Trinajstić information content (AvgIpc) is 2.15. The van der Waals surface area contributed by atoms with E-state index >= 15 is 0 Å². The van der Waals surface area contributed by atoms with Crippen molar-refractivity contribution in [2.45, 2.75) is 33.2 Å². The van der Waals surface area contributed by atoms with E-state index in [1.807, 2.05) is 19.1 Å². The smallest absolute Gasteiger partial charge is 0.120 e. The number of benzene rings is 1. The van der Waals surface area contributed by atoms with E-state index in [0.717, 1.165) is 17.5 Å². The summed E-state index contributed by atoms with van der Waals surface area (Å²) in [6.07, 6.45) is 1.02. The number of hydrogen-bond acceptors (Lipinski definition) is 2. The summed E-state index contributed by atoms with van der Waals surface area (Å²) in [5.41, 5.74) is 7.95. The lowest BCUT2D eigenvalue weighted by molar-refractivity contribution is 0.419. The van der Waals surface area contributed by atoms with E-state index in [0.29, 0.717) is 11.7 Å². The predicted octanol–water partition coefficient (Wildman–Crippen LogP) is 2.75. The second kappa shape index (κ2) is 4.47. The molecule has 0 heterocycles. The molecule has 1 aromatic carbocycles. The third-order valence-electron chi connectivity index (χ3n) is 2.80. The maximum atomic E-state index is 9.73. The Kier molecular flexibility index (Phi) is 3.53. The molecule has 14 heavy (non-hydrogen) atoms. The van der Waals surface area contributed by atoms with Crippen molar-refractivity contribution < 1.29 is 5.11 Å². The molecule has 2 atom stereocenters. The van der Waals surface area contributed by atoms with Crippen molar-refractivity contribution in [3.63, 3.8) is 0 Å². The van der Waals surface area contributed by atoms with Gasteiger partial charge in [0.2, 0.25) is 0 Å². The van der Waals surface area contributed by atoms with E-state index in [2.05, 4.69) is 13.8 Å². The van der Waals surface area contributed by atoms with Crippen molar-refractivity contribution >= 4 is 0 Å². The molecule has 0 fully saturated rings. The predicted molar refractivity (Wildman–Crippen MR) is 59.2 cm³/mol. The van der Waals surface area contributed by atoms with Crippen molar-refractivity contribution in [1.82, 2.24) is 0 Å². The van der Waals surface area contributed by atoms with Crippen LogP contribution in [0.5, 0.6) is 5.75 Å². The molecule has 0 spiro atoms. The Hall–Kier alpha value is -1.02. The van der Waals surface area contributed by atoms with E-state index in [4.69, 9.17) is 5.73 Å². The molecule has 1 aromatic rings. The average molecular weight is 193 g/mol. The summed E-state index contributed by atoms with van der Waals surface area (Å²) in [5.74, 6) is 0.710. The Morgan fingerprint density at radius 1 is 1.43 bits per heavy atom. The van der Waals surface area contributed by atoms with Gasteiger partial charge in [0.1, 0.15) is 5.75 Å². The van der Waals surface area contributed by atoms with E-state index in [1.165, 1.54) is 0 Å². The molecule has 0 saturated carbocycles. The van der Waals surface area contributed by atoms with Crippen LogP contribution < -0.4 is 5.73 Å². The van der Waals surface area contributed by atoms with Crippen molar-refractivity contribution in [3.8, 4) is 5.75 Å². The van der Waals surface area contributed by atoms with Gasteiger partial charge in [0.25, 0.3) is 0 Å². The molecular formula is C12H19NO. The van der Waals surface area contributed by atoms with Crippen LogP contribution in [-0.4, -0.2) is 5.11 Å². The highest BCUT2D eigenvalue weighted by Gasteiger charge is 2.16. The molecule has 0 aliphatic rings. The van der Waals surface area contributed by atoms with Crippen LogP contribution in [0.15, 0.2) is 18.2 Å². The highest BCUT2D eigenvalue weighted by Crippen LogP contribution is 2.29. The first-order valence-corrected chi connectivity index (χ1v) is 5.11. The van der Waals surface area contributed by atoms with Crippen LogP contribution in [0.2, 0.25) is 0 Å². The van der Waals surface area contributed by atoms with E-state index < -0.39 is 0 Å². The standard InChI is InChI=1S/C12H19NO/c1-4-9(3)12(13)10-6-5-8(2)7-11(10)14/h5-7,9,12,14H,4,13H2,1-3H3/t9?,12-/m1/s1. The van der Waals surface area contributed by atoms with Gasteiger partial charge in [-0.15, -0.1) is 0 Å². The van der Waals surface area contributed by atoms with Crippen molar-refractivity contribution in [1.29, 1.82) is 0 Å². The molecule has 0 aromatic heterocycles. The van der Waals surface area contributed by atoms with Gasteiger partial charge >= 0.3 is 0 Å². The fraction of sp³-hybridized carbons (Fsp3) is 0.500. The number of phenols is 1. The van der Waals surface area contributed by atoms with Gasteiger partial charge in [-0.1, -0.05) is 32.4 Å². The summed E-state index contributed by atoms with van der Waals surface area (Å²) in [7, 11) is 0. The summed E-state index contributed by atoms with van der Waals surface area (Å²) >= 11 is 0.